The number of amides is 1. The van der Waals surface area contributed by atoms with Gasteiger partial charge < -0.3 is 11.1 Å². The lowest BCUT2D eigenvalue weighted by Gasteiger charge is -2.04. The largest absolute Gasteiger partial charge is 0.399 e. The first-order chi connectivity index (χ1) is 7.22. The number of rotatable bonds is 5. The molecule has 0 aliphatic carbocycles. The molecule has 3 N–H and O–H groups in total. The van der Waals surface area contributed by atoms with Crippen LogP contribution in [0, 0.1) is 0 Å². The van der Waals surface area contributed by atoms with Gasteiger partial charge in [-0.05, 0) is 24.1 Å². The van der Waals surface area contributed by atoms with Gasteiger partial charge in [-0.1, -0.05) is 25.5 Å². The SMILES string of the molecule is CCCCNC(=O)Cc1cccc(N)c1. The minimum absolute atomic E-state index is 0.0639. The van der Waals surface area contributed by atoms with Gasteiger partial charge in [-0.15, -0.1) is 0 Å². The van der Waals surface area contributed by atoms with Crippen molar-refractivity contribution in [1.29, 1.82) is 0 Å². The molecule has 82 valence electrons. The molecule has 0 atom stereocenters. The van der Waals surface area contributed by atoms with Gasteiger partial charge in [0.15, 0.2) is 0 Å². The number of nitrogen functional groups attached to an aromatic ring is 1. The summed E-state index contributed by atoms with van der Waals surface area (Å²) in [5.74, 6) is 0.0639. The van der Waals surface area contributed by atoms with Crippen LogP contribution in [0.1, 0.15) is 25.3 Å². The standard InChI is InChI=1S/C12H18N2O/c1-2-3-7-14-12(15)9-10-5-4-6-11(13)8-10/h4-6,8H,2-3,7,9,13H2,1H3,(H,14,15). The molecule has 1 amide bonds. The van der Waals surface area contributed by atoms with Crippen molar-refractivity contribution in [2.24, 2.45) is 0 Å². The van der Waals surface area contributed by atoms with Gasteiger partial charge in [0.05, 0.1) is 6.42 Å². The summed E-state index contributed by atoms with van der Waals surface area (Å²) in [5, 5.41) is 2.87. The first kappa shape index (κ1) is 11.6. The number of nitrogens with two attached hydrogens (primary N) is 1. The third-order valence-corrected chi connectivity index (χ3v) is 2.17. The molecular formula is C12H18N2O. The number of carbonyl (C=O) groups is 1. The first-order valence-electron chi connectivity index (χ1n) is 5.33. The Morgan fingerprint density at radius 3 is 2.93 bits per heavy atom. The fraction of sp³-hybridized carbons (Fsp3) is 0.417. The van der Waals surface area contributed by atoms with Gasteiger partial charge in [-0.3, -0.25) is 4.79 Å². The molecule has 0 bridgehead atoms. The summed E-state index contributed by atoms with van der Waals surface area (Å²) in [6.07, 6.45) is 2.54. The molecule has 0 fully saturated rings. The molecule has 0 radical (unpaired) electrons. The van der Waals surface area contributed by atoms with E-state index in [0.717, 1.165) is 24.9 Å². The highest BCUT2D eigenvalue weighted by atomic mass is 16.1. The maximum atomic E-state index is 11.4. The summed E-state index contributed by atoms with van der Waals surface area (Å²) in [6.45, 7) is 2.86. The average molecular weight is 206 g/mol. The van der Waals surface area contributed by atoms with Gasteiger partial charge in [-0.25, -0.2) is 0 Å². The Balaban J connectivity index is 2.37. The molecule has 0 unspecified atom stereocenters. The van der Waals surface area contributed by atoms with E-state index in [4.69, 9.17) is 5.73 Å². The lowest BCUT2D eigenvalue weighted by molar-refractivity contribution is -0.120. The lowest BCUT2D eigenvalue weighted by Crippen LogP contribution is -2.25. The normalized spacial score (nSPS) is 9.93. The van der Waals surface area contributed by atoms with Crippen molar-refractivity contribution >= 4 is 11.6 Å². The van der Waals surface area contributed by atoms with Crippen LogP contribution in [-0.4, -0.2) is 12.5 Å². The Labute approximate surface area is 90.7 Å². The summed E-state index contributed by atoms with van der Waals surface area (Å²) < 4.78 is 0. The van der Waals surface area contributed by atoms with E-state index < -0.39 is 0 Å². The topological polar surface area (TPSA) is 55.1 Å². The Kier molecular flexibility index (Phi) is 4.68. The van der Waals surface area contributed by atoms with Gasteiger partial charge >= 0.3 is 0 Å². The monoisotopic (exact) mass is 206 g/mol. The summed E-state index contributed by atoms with van der Waals surface area (Å²) in [4.78, 5) is 11.4. The third kappa shape index (κ3) is 4.49. The maximum absolute atomic E-state index is 11.4. The highest BCUT2D eigenvalue weighted by Crippen LogP contribution is 2.06. The fourth-order valence-corrected chi connectivity index (χ4v) is 1.36. The lowest BCUT2D eigenvalue weighted by atomic mass is 10.1. The molecule has 3 heteroatoms. The van der Waals surface area contributed by atoms with Crippen LogP contribution >= 0.6 is 0 Å². The number of nitrogens with one attached hydrogen (secondary N) is 1. The van der Waals surface area contributed by atoms with Crippen LogP contribution in [0.15, 0.2) is 24.3 Å². The number of hydrogen-bond acceptors (Lipinski definition) is 2. The van der Waals surface area contributed by atoms with E-state index in [-0.39, 0.29) is 5.91 Å². The Bertz CT molecular complexity index is 323. The van der Waals surface area contributed by atoms with Crippen LogP contribution in [0.5, 0.6) is 0 Å². The molecule has 0 aromatic heterocycles. The van der Waals surface area contributed by atoms with E-state index in [1.807, 2.05) is 24.3 Å². The second-order valence-corrected chi connectivity index (χ2v) is 3.63. The molecule has 1 rings (SSSR count). The van der Waals surface area contributed by atoms with Crippen LogP contribution in [0.4, 0.5) is 5.69 Å². The maximum Gasteiger partial charge on any atom is 0.224 e. The molecule has 0 spiro atoms. The summed E-state index contributed by atoms with van der Waals surface area (Å²) in [5.41, 5.74) is 7.29. The van der Waals surface area contributed by atoms with E-state index in [1.54, 1.807) is 0 Å². The molecule has 15 heavy (non-hydrogen) atoms. The minimum atomic E-state index is 0.0639. The third-order valence-electron chi connectivity index (χ3n) is 2.17. The van der Waals surface area contributed by atoms with Crippen LogP contribution < -0.4 is 11.1 Å². The van der Waals surface area contributed by atoms with Gasteiger partial charge in [0.25, 0.3) is 0 Å². The van der Waals surface area contributed by atoms with E-state index in [2.05, 4.69) is 12.2 Å². The number of carbonyl (C=O) groups excluding carboxylic acids is 1. The zero-order chi connectivity index (χ0) is 11.1. The van der Waals surface area contributed by atoms with Gasteiger partial charge in [-0.2, -0.15) is 0 Å². The van der Waals surface area contributed by atoms with Crippen LogP contribution in [-0.2, 0) is 11.2 Å². The van der Waals surface area contributed by atoms with Crippen LogP contribution in [0.2, 0.25) is 0 Å². The number of benzene rings is 1. The second-order valence-electron chi connectivity index (χ2n) is 3.63. The fourth-order valence-electron chi connectivity index (χ4n) is 1.36. The Hall–Kier alpha value is -1.51. The summed E-state index contributed by atoms with van der Waals surface area (Å²) in [7, 11) is 0. The highest BCUT2D eigenvalue weighted by Gasteiger charge is 2.02. The van der Waals surface area contributed by atoms with Gasteiger partial charge in [0, 0.05) is 12.2 Å². The van der Waals surface area contributed by atoms with Crippen LogP contribution in [0.3, 0.4) is 0 Å². The number of anilines is 1. The van der Waals surface area contributed by atoms with E-state index >= 15 is 0 Å². The Morgan fingerprint density at radius 1 is 1.47 bits per heavy atom. The molecule has 0 saturated carbocycles. The molecule has 0 aliphatic heterocycles. The molecule has 1 aromatic rings. The zero-order valence-corrected chi connectivity index (χ0v) is 9.12. The van der Waals surface area contributed by atoms with Crippen molar-refractivity contribution < 1.29 is 4.79 Å². The molecule has 0 saturated heterocycles. The predicted molar refractivity (Wildman–Crippen MR) is 62.5 cm³/mol. The summed E-state index contributed by atoms with van der Waals surface area (Å²) in [6, 6.07) is 7.43. The van der Waals surface area contributed by atoms with Crippen molar-refractivity contribution in [2.75, 3.05) is 12.3 Å². The quantitative estimate of drug-likeness (QED) is 0.569. The van der Waals surface area contributed by atoms with Crippen molar-refractivity contribution in [3.05, 3.63) is 29.8 Å². The zero-order valence-electron chi connectivity index (χ0n) is 9.12. The molecule has 0 aliphatic rings. The van der Waals surface area contributed by atoms with E-state index in [9.17, 15) is 4.79 Å². The second kappa shape index (κ2) is 6.06. The van der Waals surface area contributed by atoms with Gasteiger partial charge in [0.1, 0.15) is 0 Å². The van der Waals surface area contributed by atoms with E-state index in [1.165, 1.54) is 0 Å². The van der Waals surface area contributed by atoms with Crippen molar-refractivity contribution in [3.8, 4) is 0 Å². The van der Waals surface area contributed by atoms with Gasteiger partial charge in [0.2, 0.25) is 5.91 Å². The minimum Gasteiger partial charge on any atom is -0.399 e. The Morgan fingerprint density at radius 2 is 2.27 bits per heavy atom. The highest BCUT2D eigenvalue weighted by molar-refractivity contribution is 5.78. The first-order valence-corrected chi connectivity index (χ1v) is 5.33. The molecular weight excluding hydrogens is 188 g/mol. The summed E-state index contributed by atoms with van der Waals surface area (Å²) >= 11 is 0. The smallest absolute Gasteiger partial charge is 0.224 e. The van der Waals surface area contributed by atoms with E-state index in [0.29, 0.717) is 12.1 Å². The predicted octanol–water partition coefficient (Wildman–Crippen LogP) is 1.73. The molecule has 3 nitrogen and oxygen atoms in total. The van der Waals surface area contributed by atoms with Crippen LogP contribution in [0.25, 0.3) is 0 Å². The van der Waals surface area contributed by atoms with Crippen molar-refractivity contribution in [2.45, 2.75) is 26.2 Å². The molecule has 0 heterocycles. The molecule has 1 aromatic carbocycles. The number of hydrogen-bond donors (Lipinski definition) is 2. The average Bonchev–Trinajstić information content (AvgIpc) is 2.18. The number of unbranched alkanes of at least 4 members (excludes halogenated alkanes) is 1. The van der Waals surface area contributed by atoms with Crippen molar-refractivity contribution in [3.63, 3.8) is 0 Å². The van der Waals surface area contributed by atoms with Crippen molar-refractivity contribution in [1.82, 2.24) is 5.32 Å².